The van der Waals surface area contributed by atoms with Crippen LogP contribution in [0.2, 0.25) is 10.0 Å². The lowest BCUT2D eigenvalue weighted by atomic mass is 10.1. The maximum Gasteiger partial charge on any atom is 0.381 e. The molecule has 0 aromatic heterocycles. The molecule has 1 rings (SSSR count). The summed E-state index contributed by atoms with van der Waals surface area (Å²) in [6, 6.07) is 1.99. The summed E-state index contributed by atoms with van der Waals surface area (Å²) in [5.41, 5.74) is -0.845. The maximum absolute atomic E-state index is 13.6. The molecule has 0 amide bonds. The molecule has 1 aromatic carbocycles. The number of esters is 1. The second-order valence-corrected chi connectivity index (χ2v) is 3.86. The van der Waals surface area contributed by atoms with Gasteiger partial charge in [0.25, 0.3) is 0 Å². The molecular weight excluding hydrogens is 277 g/mol. The average Bonchev–Trinajstić information content (AvgIpc) is 2.26. The van der Waals surface area contributed by atoms with Gasteiger partial charge in [-0.05, 0) is 12.1 Å². The molecule has 0 bridgehead atoms. The predicted octanol–water partition coefficient (Wildman–Crippen LogP) is 3.07. The fourth-order valence-electron chi connectivity index (χ4n) is 1.19. The summed E-state index contributed by atoms with van der Waals surface area (Å²) in [5.74, 6) is -5.75. The number of ether oxygens (including phenoxy) is 1. The third-order valence-corrected chi connectivity index (χ3v) is 2.55. The van der Waals surface area contributed by atoms with Crippen molar-refractivity contribution >= 4 is 35.5 Å². The van der Waals surface area contributed by atoms with Crippen molar-refractivity contribution in [3.05, 3.63) is 33.3 Å². The molecule has 0 heterocycles. The van der Waals surface area contributed by atoms with Crippen molar-refractivity contribution in [2.45, 2.75) is 5.92 Å². The van der Waals surface area contributed by atoms with E-state index in [-0.39, 0.29) is 5.56 Å². The number of carbonyl (C=O) groups is 2. The Morgan fingerprint density at radius 2 is 1.82 bits per heavy atom. The van der Waals surface area contributed by atoms with Crippen molar-refractivity contribution < 1.29 is 23.1 Å². The summed E-state index contributed by atoms with van der Waals surface area (Å²) in [6.45, 7) is 0. The van der Waals surface area contributed by atoms with Crippen LogP contribution < -0.4 is 0 Å². The van der Waals surface area contributed by atoms with Gasteiger partial charge in [0, 0.05) is 5.56 Å². The van der Waals surface area contributed by atoms with Crippen LogP contribution in [0.1, 0.15) is 15.9 Å². The Bertz CT molecular complexity index is 452. The highest BCUT2D eigenvalue weighted by Gasteiger charge is 2.45. The van der Waals surface area contributed by atoms with Crippen LogP contribution in [0.15, 0.2) is 12.1 Å². The zero-order valence-corrected chi connectivity index (χ0v) is 9.98. The van der Waals surface area contributed by atoms with E-state index >= 15 is 0 Å². The minimum Gasteiger partial charge on any atom is -0.464 e. The van der Waals surface area contributed by atoms with Crippen molar-refractivity contribution in [3.8, 4) is 0 Å². The van der Waals surface area contributed by atoms with Crippen molar-refractivity contribution in [1.82, 2.24) is 0 Å². The summed E-state index contributed by atoms with van der Waals surface area (Å²) in [4.78, 5) is 21.4. The van der Waals surface area contributed by atoms with Gasteiger partial charge in [-0.1, -0.05) is 23.2 Å². The highest BCUT2D eigenvalue weighted by atomic mass is 35.5. The van der Waals surface area contributed by atoms with Crippen molar-refractivity contribution in [2.24, 2.45) is 0 Å². The van der Waals surface area contributed by atoms with Crippen LogP contribution >= 0.6 is 23.2 Å². The first kappa shape index (κ1) is 13.9. The topological polar surface area (TPSA) is 43.4 Å². The molecule has 0 atom stereocenters. The lowest BCUT2D eigenvalue weighted by Crippen LogP contribution is -2.28. The maximum atomic E-state index is 13.6. The summed E-state index contributed by atoms with van der Waals surface area (Å²) in [7, 11) is 0.817. The second-order valence-electron chi connectivity index (χ2n) is 3.04. The Kier molecular flexibility index (Phi) is 4.06. The normalized spacial score (nSPS) is 11.1. The quantitative estimate of drug-likeness (QED) is 0.632. The number of hydrogen-bond donors (Lipinski definition) is 0. The van der Waals surface area contributed by atoms with Crippen molar-refractivity contribution in [3.63, 3.8) is 0 Å². The fraction of sp³-hybridized carbons (Fsp3) is 0.200. The summed E-state index contributed by atoms with van der Waals surface area (Å²) < 4.78 is 31.1. The van der Waals surface area contributed by atoms with E-state index in [2.05, 4.69) is 4.74 Å². The van der Waals surface area contributed by atoms with Crippen LogP contribution in [0.4, 0.5) is 8.78 Å². The van der Waals surface area contributed by atoms with Gasteiger partial charge in [-0.2, -0.15) is 8.78 Å². The number of benzene rings is 1. The molecule has 0 aliphatic heterocycles. The van der Waals surface area contributed by atoms with Gasteiger partial charge in [0.05, 0.1) is 22.7 Å². The second kappa shape index (κ2) is 4.98. The largest absolute Gasteiger partial charge is 0.464 e. The van der Waals surface area contributed by atoms with Gasteiger partial charge in [0.1, 0.15) is 6.29 Å². The first-order valence-electron chi connectivity index (χ1n) is 4.25. The Morgan fingerprint density at radius 1 is 1.35 bits per heavy atom. The van der Waals surface area contributed by atoms with Gasteiger partial charge in [0.15, 0.2) is 0 Å². The molecule has 3 nitrogen and oxygen atoms in total. The predicted molar refractivity (Wildman–Crippen MR) is 57.8 cm³/mol. The van der Waals surface area contributed by atoms with Gasteiger partial charge in [-0.15, -0.1) is 0 Å². The molecule has 0 unspecified atom stereocenters. The lowest BCUT2D eigenvalue weighted by Gasteiger charge is -2.17. The highest BCUT2D eigenvalue weighted by Crippen LogP contribution is 2.39. The third-order valence-electron chi connectivity index (χ3n) is 1.96. The Balaban J connectivity index is 3.41. The molecule has 0 saturated carbocycles. The van der Waals surface area contributed by atoms with Gasteiger partial charge in [-0.3, -0.25) is 4.79 Å². The number of rotatable bonds is 3. The van der Waals surface area contributed by atoms with Gasteiger partial charge in [-0.25, -0.2) is 4.79 Å². The summed E-state index contributed by atoms with van der Waals surface area (Å²) >= 11 is 11.1. The number of aldehydes is 1. The van der Waals surface area contributed by atoms with Crippen LogP contribution in [-0.4, -0.2) is 19.4 Å². The minimum atomic E-state index is -3.97. The zero-order chi connectivity index (χ0) is 13.2. The van der Waals surface area contributed by atoms with Crippen LogP contribution in [0.3, 0.4) is 0 Å². The molecule has 0 aliphatic rings. The number of methoxy groups -OCH3 is 1. The van der Waals surface area contributed by atoms with Crippen LogP contribution in [0, 0.1) is 0 Å². The molecule has 0 saturated heterocycles. The molecule has 1 aromatic rings. The molecule has 0 spiro atoms. The molecule has 0 N–H and O–H groups in total. The Hall–Kier alpha value is -1.20. The summed E-state index contributed by atoms with van der Waals surface area (Å²) in [5, 5.41) is -0.954. The van der Waals surface area contributed by atoms with Gasteiger partial charge < -0.3 is 4.74 Å². The van der Waals surface area contributed by atoms with E-state index in [1.54, 1.807) is 0 Å². The number of halogens is 4. The average molecular weight is 283 g/mol. The summed E-state index contributed by atoms with van der Waals surface area (Å²) in [6.07, 6.45) is 0.401. The first-order valence-corrected chi connectivity index (χ1v) is 5.01. The number of carbonyl (C=O) groups excluding carboxylic acids is 2. The van der Waals surface area contributed by atoms with Crippen LogP contribution in [-0.2, 0) is 15.5 Å². The zero-order valence-electron chi connectivity index (χ0n) is 8.47. The minimum absolute atomic E-state index is 0.0319. The molecule has 17 heavy (non-hydrogen) atoms. The lowest BCUT2D eigenvalue weighted by molar-refractivity contribution is -0.170. The molecule has 7 heteroatoms. The number of hydrogen-bond acceptors (Lipinski definition) is 3. The van der Waals surface area contributed by atoms with E-state index in [1.165, 1.54) is 0 Å². The van der Waals surface area contributed by atoms with Crippen molar-refractivity contribution in [2.75, 3.05) is 7.11 Å². The van der Waals surface area contributed by atoms with Crippen molar-refractivity contribution in [1.29, 1.82) is 0 Å². The van der Waals surface area contributed by atoms with E-state index in [0.717, 1.165) is 19.2 Å². The molecule has 0 aliphatic carbocycles. The third kappa shape index (κ3) is 2.56. The first-order chi connectivity index (χ1) is 7.84. The number of alkyl halides is 2. The smallest absolute Gasteiger partial charge is 0.381 e. The standard InChI is InChI=1S/C10H6Cl2F2O3/c1-17-9(16)10(13,14)8-6(11)2-5(4-15)3-7(8)12/h2-4H,1H3. The monoisotopic (exact) mass is 282 g/mol. The molecular formula is C10H6Cl2F2O3. The van der Waals surface area contributed by atoms with Gasteiger partial charge >= 0.3 is 11.9 Å². The SMILES string of the molecule is COC(=O)C(F)(F)c1c(Cl)cc(C=O)cc1Cl. The van der Waals surface area contributed by atoms with E-state index in [4.69, 9.17) is 23.2 Å². The van der Waals surface area contributed by atoms with Crippen LogP contribution in [0.5, 0.6) is 0 Å². The van der Waals surface area contributed by atoms with Crippen LogP contribution in [0.25, 0.3) is 0 Å². The van der Waals surface area contributed by atoms with Gasteiger partial charge in [0.2, 0.25) is 0 Å². The fourth-order valence-corrected chi connectivity index (χ4v) is 1.93. The van der Waals surface area contributed by atoms with E-state index in [9.17, 15) is 18.4 Å². The van der Waals surface area contributed by atoms with E-state index < -0.39 is 27.5 Å². The Morgan fingerprint density at radius 3 is 2.18 bits per heavy atom. The van der Waals surface area contributed by atoms with E-state index in [1.807, 2.05) is 0 Å². The van der Waals surface area contributed by atoms with E-state index in [0.29, 0.717) is 6.29 Å². The molecule has 92 valence electrons. The molecule has 0 fully saturated rings. The molecule has 0 radical (unpaired) electrons. The highest BCUT2D eigenvalue weighted by molar-refractivity contribution is 6.37. The Labute approximate surface area is 105 Å².